The average molecular weight is 279 g/mol. The lowest BCUT2D eigenvalue weighted by molar-refractivity contribution is -0.137. The molecule has 1 heterocycles. The van der Waals surface area contributed by atoms with Crippen molar-refractivity contribution in [3.63, 3.8) is 0 Å². The summed E-state index contributed by atoms with van der Waals surface area (Å²) >= 11 is 0. The molecule has 5 nitrogen and oxygen atoms in total. The largest absolute Gasteiger partial charge is 0.493 e. The molecule has 0 unspecified atom stereocenters. The molecule has 5 heteroatoms. The standard InChI is InChI=1S/C15H21NO4/c1-16-9-12(10-16)20-14-8-11(4-3-5-15(17)18)6-7-13(14)19-2/h6-8,12H,3-5,9-10H2,1-2H3,(H,17,18). The summed E-state index contributed by atoms with van der Waals surface area (Å²) in [4.78, 5) is 12.7. The van der Waals surface area contributed by atoms with Gasteiger partial charge >= 0.3 is 5.97 Å². The molecule has 20 heavy (non-hydrogen) atoms. The van der Waals surface area contributed by atoms with Gasteiger partial charge in [-0.25, -0.2) is 0 Å². The highest BCUT2D eigenvalue weighted by Crippen LogP contribution is 2.30. The number of likely N-dealkylation sites (tertiary alicyclic amines) is 1. The van der Waals surface area contributed by atoms with Crippen molar-refractivity contribution >= 4 is 5.97 Å². The van der Waals surface area contributed by atoms with Crippen LogP contribution in [-0.2, 0) is 11.2 Å². The minimum Gasteiger partial charge on any atom is -0.493 e. The van der Waals surface area contributed by atoms with E-state index in [1.54, 1.807) is 7.11 Å². The van der Waals surface area contributed by atoms with Gasteiger partial charge in [0.2, 0.25) is 0 Å². The van der Waals surface area contributed by atoms with Gasteiger partial charge in [0.25, 0.3) is 0 Å². The molecule has 0 spiro atoms. The zero-order chi connectivity index (χ0) is 14.5. The predicted molar refractivity (Wildman–Crippen MR) is 75.5 cm³/mol. The zero-order valence-electron chi connectivity index (χ0n) is 12.0. The van der Waals surface area contributed by atoms with E-state index in [1.165, 1.54) is 0 Å². The van der Waals surface area contributed by atoms with Crippen LogP contribution in [0.15, 0.2) is 18.2 Å². The Labute approximate surface area is 119 Å². The molecule has 2 rings (SSSR count). The molecule has 0 aliphatic carbocycles. The number of methoxy groups -OCH3 is 1. The van der Waals surface area contributed by atoms with E-state index >= 15 is 0 Å². The van der Waals surface area contributed by atoms with Gasteiger partial charge in [-0.2, -0.15) is 0 Å². The number of carboxylic acid groups (broad SMARTS) is 1. The molecule has 0 aromatic heterocycles. The maximum absolute atomic E-state index is 10.5. The topological polar surface area (TPSA) is 59.0 Å². The normalized spacial score (nSPS) is 15.7. The Morgan fingerprint density at radius 2 is 2.15 bits per heavy atom. The first-order valence-corrected chi connectivity index (χ1v) is 6.82. The van der Waals surface area contributed by atoms with Crippen LogP contribution in [0, 0.1) is 0 Å². The molecule has 1 saturated heterocycles. The first-order valence-electron chi connectivity index (χ1n) is 6.82. The fraction of sp³-hybridized carbons (Fsp3) is 0.533. The molecule has 1 aliphatic rings. The summed E-state index contributed by atoms with van der Waals surface area (Å²) < 4.78 is 11.2. The summed E-state index contributed by atoms with van der Waals surface area (Å²) in [5.74, 6) is 0.715. The number of carbonyl (C=O) groups is 1. The van der Waals surface area contributed by atoms with Crippen LogP contribution in [0.4, 0.5) is 0 Å². The first kappa shape index (κ1) is 14.7. The Morgan fingerprint density at radius 3 is 2.75 bits per heavy atom. The van der Waals surface area contributed by atoms with E-state index in [4.69, 9.17) is 14.6 Å². The number of rotatable bonds is 7. The Morgan fingerprint density at radius 1 is 1.40 bits per heavy atom. The van der Waals surface area contributed by atoms with E-state index in [1.807, 2.05) is 18.2 Å². The van der Waals surface area contributed by atoms with E-state index < -0.39 is 5.97 Å². The van der Waals surface area contributed by atoms with Crippen molar-refractivity contribution in [3.05, 3.63) is 23.8 Å². The molecule has 1 fully saturated rings. The number of carboxylic acids is 1. The number of benzene rings is 1. The van der Waals surface area contributed by atoms with Crippen LogP contribution >= 0.6 is 0 Å². The van der Waals surface area contributed by atoms with Crippen molar-refractivity contribution in [1.29, 1.82) is 0 Å². The Kier molecular flexibility index (Phi) is 4.84. The van der Waals surface area contributed by atoms with E-state index in [0.29, 0.717) is 6.42 Å². The van der Waals surface area contributed by atoms with Gasteiger partial charge in [0, 0.05) is 19.5 Å². The Bertz CT molecular complexity index is 469. The van der Waals surface area contributed by atoms with Crippen LogP contribution in [0.2, 0.25) is 0 Å². The summed E-state index contributed by atoms with van der Waals surface area (Å²) in [5.41, 5.74) is 1.08. The summed E-state index contributed by atoms with van der Waals surface area (Å²) in [6.07, 6.45) is 1.77. The molecular weight excluding hydrogens is 258 g/mol. The highest BCUT2D eigenvalue weighted by Gasteiger charge is 2.25. The minimum absolute atomic E-state index is 0.190. The second-order valence-electron chi connectivity index (χ2n) is 5.19. The van der Waals surface area contributed by atoms with Gasteiger partial charge in [-0.05, 0) is 37.6 Å². The van der Waals surface area contributed by atoms with Crippen LogP contribution in [0.25, 0.3) is 0 Å². The SMILES string of the molecule is COc1ccc(CCCC(=O)O)cc1OC1CN(C)C1. The van der Waals surface area contributed by atoms with Gasteiger partial charge in [-0.15, -0.1) is 0 Å². The smallest absolute Gasteiger partial charge is 0.303 e. The van der Waals surface area contributed by atoms with Crippen LogP contribution in [-0.4, -0.2) is 49.3 Å². The molecule has 1 aliphatic heterocycles. The van der Waals surface area contributed by atoms with Crippen LogP contribution < -0.4 is 9.47 Å². The molecule has 0 radical (unpaired) electrons. The number of hydrogen-bond donors (Lipinski definition) is 1. The molecule has 0 saturated carbocycles. The first-order chi connectivity index (χ1) is 9.58. The third-order valence-corrected chi connectivity index (χ3v) is 3.41. The number of nitrogens with zero attached hydrogens (tertiary/aromatic N) is 1. The van der Waals surface area contributed by atoms with Crippen LogP contribution in [0.3, 0.4) is 0 Å². The second-order valence-corrected chi connectivity index (χ2v) is 5.19. The van der Waals surface area contributed by atoms with Gasteiger partial charge in [0.15, 0.2) is 11.5 Å². The lowest BCUT2D eigenvalue weighted by Gasteiger charge is -2.36. The molecule has 1 aromatic rings. The maximum atomic E-state index is 10.5. The average Bonchev–Trinajstić information content (AvgIpc) is 2.37. The molecular formula is C15H21NO4. The molecule has 1 N–H and O–H groups in total. The lowest BCUT2D eigenvalue weighted by Crippen LogP contribution is -2.51. The number of aryl methyl sites for hydroxylation is 1. The van der Waals surface area contributed by atoms with Gasteiger partial charge in [-0.3, -0.25) is 9.69 Å². The summed E-state index contributed by atoms with van der Waals surface area (Å²) in [6, 6.07) is 5.80. The fourth-order valence-electron chi connectivity index (χ4n) is 2.31. The lowest BCUT2D eigenvalue weighted by atomic mass is 10.1. The van der Waals surface area contributed by atoms with Crippen molar-refractivity contribution in [2.45, 2.75) is 25.4 Å². The van der Waals surface area contributed by atoms with Crippen LogP contribution in [0.1, 0.15) is 18.4 Å². The highest BCUT2D eigenvalue weighted by molar-refractivity contribution is 5.66. The van der Waals surface area contributed by atoms with Crippen LogP contribution in [0.5, 0.6) is 11.5 Å². The van der Waals surface area contributed by atoms with Gasteiger partial charge < -0.3 is 14.6 Å². The summed E-state index contributed by atoms with van der Waals surface area (Å²) in [5, 5.41) is 8.66. The van der Waals surface area contributed by atoms with Crippen molar-refractivity contribution in [3.8, 4) is 11.5 Å². The van der Waals surface area contributed by atoms with Crippen molar-refractivity contribution in [2.24, 2.45) is 0 Å². The zero-order valence-corrected chi connectivity index (χ0v) is 12.0. The van der Waals surface area contributed by atoms with Crippen molar-refractivity contribution in [1.82, 2.24) is 4.90 Å². The number of aliphatic carboxylic acids is 1. The van der Waals surface area contributed by atoms with E-state index in [0.717, 1.165) is 36.6 Å². The van der Waals surface area contributed by atoms with Gasteiger partial charge in [-0.1, -0.05) is 6.07 Å². The van der Waals surface area contributed by atoms with Gasteiger partial charge in [0.05, 0.1) is 7.11 Å². The minimum atomic E-state index is -0.757. The summed E-state index contributed by atoms with van der Waals surface area (Å²) in [6.45, 7) is 1.85. The Hall–Kier alpha value is -1.75. The van der Waals surface area contributed by atoms with E-state index in [2.05, 4.69) is 11.9 Å². The third kappa shape index (κ3) is 3.87. The Balaban J connectivity index is 1.98. The number of hydrogen-bond acceptors (Lipinski definition) is 4. The molecule has 0 bridgehead atoms. The molecule has 0 atom stereocenters. The molecule has 1 aromatic carbocycles. The van der Waals surface area contributed by atoms with Gasteiger partial charge in [0.1, 0.15) is 6.10 Å². The monoisotopic (exact) mass is 279 g/mol. The number of ether oxygens (including phenoxy) is 2. The highest BCUT2D eigenvalue weighted by atomic mass is 16.5. The van der Waals surface area contributed by atoms with E-state index in [9.17, 15) is 4.79 Å². The molecule has 0 amide bonds. The fourth-order valence-corrected chi connectivity index (χ4v) is 2.31. The quantitative estimate of drug-likeness (QED) is 0.824. The third-order valence-electron chi connectivity index (χ3n) is 3.41. The predicted octanol–water partition coefficient (Wildman–Crippen LogP) is 1.80. The maximum Gasteiger partial charge on any atom is 0.303 e. The number of likely N-dealkylation sites (N-methyl/N-ethyl adjacent to an activating group) is 1. The second kappa shape index (κ2) is 6.61. The molecule has 110 valence electrons. The van der Waals surface area contributed by atoms with E-state index in [-0.39, 0.29) is 12.5 Å². The summed E-state index contributed by atoms with van der Waals surface area (Å²) in [7, 11) is 3.68. The van der Waals surface area contributed by atoms with Crippen molar-refractivity contribution in [2.75, 3.05) is 27.2 Å². The van der Waals surface area contributed by atoms with Crippen molar-refractivity contribution < 1.29 is 19.4 Å².